The van der Waals surface area contributed by atoms with E-state index >= 15 is 0 Å². The molecule has 1 saturated heterocycles. The number of benzene rings is 1. The maximum Gasteiger partial charge on any atom is 0.225 e. The van der Waals surface area contributed by atoms with Gasteiger partial charge in [0, 0.05) is 44.1 Å². The van der Waals surface area contributed by atoms with Crippen molar-refractivity contribution >= 4 is 11.8 Å². The Kier molecular flexibility index (Phi) is 4.24. The monoisotopic (exact) mass is 332 g/mol. The molecule has 0 aliphatic carbocycles. The van der Waals surface area contributed by atoms with Crippen LogP contribution in [0.4, 0.5) is 11.8 Å². The van der Waals surface area contributed by atoms with Crippen molar-refractivity contribution < 1.29 is 0 Å². The van der Waals surface area contributed by atoms with E-state index in [1.165, 1.54) is 0 Å². The van der Waals surface area contributed by atoms with Gasteiger partial charge in [-0.1, -0.05) is 30.3 Å². The summed E-state index contributed by atoms with van der Waals surface area (Å²) in [7, 11) is 0. The summed E-state index contributed by atoms with van der Waals surface area (Å²) in [6, 6.07) is 14.2. The summed E-state index contributed by atoms with van der Waals surface area (Å²) in [5, 5.41) is 8.80. The Balaban J connectivity index is 1.41. The molecule has 1 aromatic carbocycles. The van der Waals surface area contributed by atoms with Crippen LogP contribution in [0.1, 0.15) is 5.56 Å². The van der Waals surface area contributed by atoms with Crippen LogP contribution in [0.25, 0.3) is 11.3 Å². The molecule has 0 N–H and O–H groups in total. The zero-order chi connectivity index (χ0) is 17.1. The highest BCUT2D eigenvalue weighted by atomic mass is 15.3. The van der Waals surface area contributed by atoms with E-state index in [1.54, 1.807) is 0 Å². The van der Waals surface area contributed by atoms with Crippen molar-refractivity contribution in [3.05, 3.63) is 60.4 Å². The zero-order valence-corrected chi connectivity index (χ0v) is 14.2. The third-order valence-electron chi connectivity index (χ3n) is 4.37. The smallest absolute Gasteiger partial charge is 0.225 e. The molecule has 4 rings (SSSR count). The predicted molar refractivity (Wildman–Crippen MR) is 98.7 cm³/mol. The lowest BCUT2D eigenvalue weighted by molar-refractivity contribution is 0.631. The van der Waals surface area contributed by atoms with Crippen molar-refractivity contribution in [2.75, 3.05) is 36.0 Å². The second-order valence-electron chi connectivity index (χ2n) is 6.18. The molecule has 0 saturated carbocycles. The normalized spacial score (nSPS) is 14.6. The SMILES string of the molecule is Cc1cnc(N2CCN(c3ccc(-c4ccccc4)nn3)CC2)nc1. The number of piperazine rings is 1. The van der Waals surface area contributed by atoms with E-state index < -0.39 is 0 Å². The van der Waals surface area contributed by atoms with E-state index in [1.807, 2.05) is 61.8 Å². The molecule has 0 radical (unpaired) electrons. The lowest BCUT2D eigenvalue weighted by Gasteiger charge is -2.35. The third kappa shape index (κ3) is 3.42. The van der Waals surface area contributed by atoms with Gasteiger partial charge in [0.15, 0.2) is 5.82 Å². The Labute approximate surface area is 147 Å². The van der Waals surface area contributed by atoms with Crippen LogP contribution in [-0.2, 0) is 0 Å². The minimum absolute atomic E-state index is 0.802. The molecule has 0 unspecified atom stereocenters. The van der Waals surface area contributed by atoms with Crippen molar-refractivity contribution in [1.29, 1.82) is 0 Å². The third-order valence-corrected chi connectivity index (χ3v) is 4.37. The largest absolute Gasteiger partial charge is 0.352 e. The fourth-order valence-electron chi connectivity index (χ4n) is 2.94. The van der Waals surface area contributed by atoms with Crippen molar-refractivity contribution in [1.82, 2.24) is 20.2 Å². The molecular weight excluding hydrogens is 312 g/mol. The Morgan fingerprint density at radius 1 is 0.760 bits per heavy atom. The van der Waals surface area contributed by atoms with E-state index in [0.29, 0.717) is 0 Å². The van der Waals surface area contributed by atoms with Gasteiger partial charge in [0.1, 0.15) is 0 Å². The number of hydrogen-bond acceptors (Lipinski definition) is 6. The fourth-order valence-corrected chi connectivity index (χ4v) is 2.94. The summed E-state index contributed by atoms with van der Waals surface area (Å²) in [5.74, 6) is 1.72. The lowest BCUT2D eigenvalue weighted by Crippen LogP contribution is -2.47. The highest BCUT2D eigenvalue weighted by Gasteiger charge is 2.20. The molecule has 3 aromatic rings. The Morgan fingerprint density at radius 3 is 2.08 bits per heavy atom. The quantitative estimate of drug-likeness (QED) is 0.735. The van der Waals surface area contributed by atoms with Gasteiger partial charge in [-0.15, -0.1) is 10.2 Å². The molecule has 126 valence electrons. The Morgan fingerprint density at radius 2 is 1.44 bits per heavy atom. The van der Waals surface area contributed by atoms with Gasteiger partial charge in [0.25, 0.3) is 0 Å². The number of aromatic nitrogens is 4. The van der Waals surface area contributed by atoms with Crippen LogP contribution < -0.4 is 9.80 Å². The van der Waals surface area contributed by atoms with Crippen molar-refractivity contribution in [2.45, 2.75) is 6.92 Å². The molecule has 3 heterocycles. The van der Waals surface area contributed by atoms with E-state index in [0.717, 1.165) is 54.8 Å². The topological polar surface area (TPSA) is 58.0 Å². The van der Waals surface area contributed by atoms with Gasteiger partial charge < -0.3 is 9.80 Å². The Hall–Kier alpha value is -3.02. The summed E-state index contributed by atoms with van der Waals surface area (Å²) in [6.07, 6.45) is 3.73. The average molecular weight is 332 g/mol. The van der Waals surface area contributed by atoms with E-state index in [-0.39, 0.29) is 0 Å². The molecule has 1 fully saturated rings. The number of hydrogen-bond donors (Lipinski definition) is 0. The van der Waals surface area contributed by atoms with Crippen LogP contribution in [0, 0.1) is 6.92 Å². The molecule has 0 amide bonds. The maximum absolute atomic E-state index is 4.41. The second kappa shape index (κ2) is 6.84. The van der Waals surface area contributed by atoms with Crippen LogP contribution >= 0.6 is 0 Å². The van der Waals surface area contributed by atoms with Gasteiger partial charge in [-0.3, -0.25) is 0 Å². The minimum atomic E-state index is 0.802. The van der Waals surface area contributed by atoms with E-state index in [4.69, 9.17) is 0 Å². The molecule has 25 heavy (non-hydrogen) atoms. The summed E-state index contributed by atoms with van der Waals surface area (Å²) >= 11 is 0. The van der Waals surface area contributed by atoms with Gasteiger partial charge in [-0.05, 0) is 24.6 Å². The first kappa shape index (κ1) is 15.5. The molecule has 0 spiro atoms. The molecule has 0 bridgehead atoms. The summed E-state index contributed by atoms with van der Waals surface area (Å²) < 4.78 is 0. The number of anilines is 2. The molecule has 0 atom stereocenters. The fraction of sp³-hybridized carbons (Fsp3) is 0.263. The van der Waals surface area contributed by atoms with Gasteiger partial charge in [0.2, 0.25) is 5.95 Å². The molecule has 1 aliphatic rings. The molecule has 6 heteroatoms. The molecule has 1 aliphatic heterocycles. The minimum Gasteiger partial charge on any atom is -0.352 e. The first-order valence-corrected chi connectivity index (χ1v) is 8.47. The maximum atomic E-state index is 4.41. The van der Waals surface area contributed by atoms with Crippen LogP contribution in [0.15, 0.2) is 54.9 Å². The van der Waals surface area contributed by atoms with Crippen LogP contribution in [0.5, 0.6) is 0 Å². The van der Waals surface area contributed by atoms with Gasteiger partial charge in [-0.25, -0.2) is 9.97 Å². The standard InChI is InChI=1S/C19H20N6/c1-15-13-20-19(21-14-15)25-11-9-24(10-12-25)18-8-7-17(22-23-18)16-5-3-2-4-6-16/h2-8,13-14H,9-12H2,1H3. The van der Waals surface area contributed by atoms with Crippen molar-refractivity contribution in [3.8, 4) is 11.3 Å². The highest BCUT2D eigenvalue weighted by Crippen LogP contribution is 2.19. The van der Waals surface area contributed by atoms with Crippen molar-refractivity contribution in [2.24, 2.45) is 0 Å². The molecule has 2 aromatic heterocycles. The number of rotatable bonds is 3. The highest BCUT2D eigenvalue weighted by molar-refractivity contribution is 5.59. The van der Waals surface area contributed by atoms with Gasteiger partial charge in [-0.2, -0.15) is 0 Å². The van der Waals surface area contributed by atoms with Crippen LogP contribution in [0.3, 0.4) is 0 Å². The summed E-state index contributed by atoms with van der Waals surface area (Å²) in [4.78, 5) is 13.3. The molecule has 6 nitrogen and oxygen atoms in total. The van der Waals surface area contributed by atoms with Crippen LogP contribution in [0.2, 0.25) is 0 Å². The summed E-state index contributed by atoms with van der Waals surface area (Å²) in [5.41, 5.74) is 3.06. The first-order chi connectivity index (χ1) is 12.3. The first-order valence-electron chi connectivity index (χ1n) is 8.47. The van der Waals surface area contributed by atoms with E-state index in [2.05, 4.69) is 30.0 Å². The van der Waals surface area contributed by atoms with Gasteiger partial charge >= 0.3 is 0 Å². The lowest BCUT2D eigenvalue weighted by atomic mass is 10.1. The Bertz CT molecular complexity index is 809. The van der Waals surface area contributed by atoms with Gasteiger partial charge in [0.05, 0.1) is 5.69 Å². The molecular formula is C19H20N6. The zero-order valence-electron chi connectivity index (χ0n) is 14.2. The second-order valence-corrected chi connectivity index (χ2v) is 6.18. The summed E-state index contributed by atoms with van der Waals surface area (Å²) in [6.45, 7) is 5.53. The number of nitrogens with zero attached hydrogens (tertiary/aromatic N) is 6. The van der Waals surface area contributed by atoms with Crippen molar-refractivity contribution in [3.63, 3.8) is 0 Å². The number of aryl methyl sites for hydroxylation is 1. The average Bonchev–Trinajstić information content (AvgIpc) is 2.70. The van der Waals surface area contributed by atoms with Crippen LogP contribution in [-0.4, -0.2) is 46.3 Å². The predicted octanol–water partition coefficient (Wildman–Crippen LogP) is 2.57. The van der Waals surface area contributed by atoms with E-state index in [9.17, 15) is 0 Å².